The zero-order chi connectivity index (χ0) is 25.2. The predicted octanol–water partition coefficient (Wildman–Crippen LogP) is 3.80. The van der Waals surface area contributed by atoms with Crippen molar-refractivity contribution in [2.75, 3.05) is 12.4 Å². The molecule has 0 aliphatic carbocycles. The maximum atomic E-state index is 13.3. The molecule has 0 radical (unpaired) electrons. The minimum Gasteiger partial charge on any atom is -0.497 e. The lowest BCUT2D eigenvalue weighted by Gasteiger charge is -2.22. The first-order valence-corrected chi connectivity index (χ1v) is 11.5. The maximum Gasteiger partial charge on any atom is 0.243 e. The summed E-state index contributed by atoms with van der Waals surface area (Å²) in [5.41, 5.74) is 3.23. The Labute approximate surface area is 205 Å². The summed E-state index contributed by atoms with van der Waals surface area (Å²) in [6.07, 6.45) is 0.406. The van der Waals surface area contributed by atoms with Crippen LogP contribution in [-0.2, 0) is 27.2 Å². The van der Waals surface area contributed by atoms with Crippen molar-refractivity contribution in [3.63, 3.8) is 0 Å². The van der Waals surface area contributed by atoms with Crippen LogP contribution < -0.4 is 20.7 Å². The van der Waals surface area contributed by atoms with Gasteiger partial charge in [0.2, 0.25) is 17.7 Å². The van der Waals surface area contributed by atoms with Gasteiger partial charge in [-0.05, 0) is 47.9 Å². The maximum absolute atomic E-state index is 13.3. The van der Waals surface area contributed by atoms with Crippen molar-refractivity contribution in [1.82, 2.24) is 10.6 Å². The molecule has 0 fully saturated rings. The first-order chi connectivity index (χ1) is 16.8. The zero-order valence-corrected chi connectivity index (χ0v) is 20.2. The Morgan fingerprint density at radius 2 is 1.57 bits per heavy atom. The number of nitrogens with one attached hydrogen (secondary N) is 3. The number of rotatable bonds is 10. The summed E-state index contributed by atoms with van der Waals surface area (Å²) in [5.74, 6) is -0.0173. The SMILES string of the molecule is COc1ccc(CC(=O)N[C@@H](Cc2cccc(NC(C)=O)c2)C(=O)N[C@H](C)c2ccccc2)cc1. The molecular formula is C28H31N3O4. The summed E-state index contributed by atoms with van der Waals surface area (Å²) in [6.45, 7) is 3.34. The first kappa shape index (κ1) is 25.5. The number of anilines is 1. The van der Waals surface area contributed by atoms with Gasteiger partial charge in [-0.1, -0.05) is 54.6 Å². The number of ether oxygens (including phenoxy) is 1. The van der Waals surface area contributed by atoms with Gasteiger partial charge in [0.1, 0.15) is 11.8 Å². The molecule has 182 valence electrons. The lowest BCUT2D eigenvalue weighted by molar-refractivity contribution is -0.129. The van der Waals surface area contributed by atoms with Gasteiger partial charge in [-0.25, -0.2) is 0 Å². The van der Waals surface area contributed by atoms with Crippen molar-refractivity contribution >= 4 is 23.4 Å². The van der Waals surface area contributed by atoms with Gasteiger partial charge < -0.3 is 20.7 Å². The largest absolute Gasteiger partial charge is 0.497 e. The Bertz CT molecular complexity index is 1150. The van der Waals surface area contributed by atoms with Crippen molar-refractivity contribution in [2.24, 2.45) is 0 Å². The smallest absolute Gasteiger partial charge is 0.243 e. The molecule has 7 heteroatoms. The summed E-state index contributed by atoms with van der Waals surface area (Å²) in [6, 6.07) is 23.1. The Balaban J connectivity index is 1.75. The van der Waals surface area contributed by atoms with Gasteiger partial charge >= 0.3 is 0 Å². The normalized spacial score (nSPS) is 12.2. The van der Waals surface area contributed by atoms with Crippen LogP contribution in [0, 0.1) is 0 Å². The molecule has 0 saturated carbocycles. The van der Waals surface area contributed by atoms with E-state index in [-0.39, 0.29) is 36.6 Å². The molecule has 3 rings (SSSR count). The van der Waals surface area contributed by atoms with Gasteiger partial charge in [-0.2, -0.15) is 0 Å². The number of carbonyl (C=O) groups is 3. The number of methoxy groups -OCH3 is 1. The second kappa shape index (κ2) is 12.4. The monoisotopic (exact) mass is 473 g/mol. The molecule has 3 N–H and O–H groups in total. The summed E-state index contributed by atoms with van der Waals surface area (Å²) in [5, 5.41) is 8.64. The average molecular weight is 474 g/mol. The van der Waals surface area contributed by atoms with Gasteiger partial charge in [0, 0.05) is 19.0 Å². The molecule has 0 aliphatic heterocycles. The van der Waals surface area contributed by atoms with Crippen molar-refractivity contribution in [1.29, 1.82) is 0 Å². The molecule has 2 atom stereocenters. The van der Waals surface area contributed by atoms with Crippen LogP contribution in [0.4, 0.5) is 5.69 Å². The molecule has 0 aliphatic rings. The average Bonchev–Trinajstić information content (AvgIpc) is 2.84. The Hall–Kier alpha value is -4.13. The van der Waals surface area contributed by atoms with E-state index in [1.165, 1.54) is 6.92 Å². The van der Waals surface area contributed by atoms with E-state index in [0.29, 0.717) is 11.4 Å². The van der Waals surface area contributed by atoms with Crippen molar-refractivity contribution < 1.29 is 19.1 Å². The van der Waals surface area contributed by atoms with Crippen LogP contribution in [0.3, 0.4) is 0 Å². The van der Waals surface area contributed by atoms with Crippen LogP contribution in [0.15, 0.2) is 78.9 Å². The Morgan fingerprint density at radius 3 is 2.23 bits per heavy atom. The second-order valence-corrected chi connectivity index (χ2v) is 8.37. The fourth-order valence-electron chi connectivity index (χ4n) is 3.74. The minimum atomic E-state index is -0.792. The van der Waals surface area contributed by atoms with E-state index in [0.717, 1.165) is 16.7 Å². The quantitative estimate of drug-likeness (QED) is 0.417. The van der Waals surface area contributed by atoms with Gasteiger partial charge in [0.25, 0.3) is 0 Å². The summed E-state index contributed by atoms with van der Waals surface area (Å²) < 4.78 is 5.16. The number of hydrogen-bond donors (Lipinski definition) is 3. The van der Waals surface area contributed by atoms with Crippen LogP contribution in [-0.4, -0.2) is 30.9 Å². The minimum absolute atomic E-state index is 0.133. The highest BCUT2D eigenvalue weighted by Crippen LogP contribution is 2.16. The third kappa shape index (κ3) is 7.99. The van der Waals surface area contributed by atoms with E-state index >= 15 is 0 Å². The fourth-order valence-corrected chi connectivity index (χ4v) is 3.74. The highest BCUT2D eigenvalue weighted by molar-refractivity contribution is 5.90. The highest BCUT2D eigenvalue weighted by atomic mass is 16.5. The van der Waals surface area contributed by atoms with Crippen LogP contribution >= 0.6 is 0 Å². The van der Waals surface area contributed by atoms with E-state index in [2.05, 4.69) is 16.0 Å². The molecule has 3 aromatic rings. The van der Waals surface area contributed by atoms with E-state index < -0.39 is 6.04 Å². The summed E-state index contributed by atoms with van der Waals surface area (Å²) >= 11 is 0. The molecule has 0 bridgehead atoms. The molecule has 3 amide bonds. The molecule has 0 heterocycles. The second-order valence-electron chi connectivity index (χ2n) is 8.37. The summed E-state index contributed by atoms with van der Waals surface area (Å²) in [7, 11) is 1.59. The third-order valence-corrected chi connectivity index (χ3v) is 5.52. The highest BCUT2D eigenvalue weighted by Gasteiger charge is 2.23. The predicted molar refractivity (Wildman–Crippen MR) is 136 cm³/mol. The zero-order valence-electron chi connectivity index (χ0n) is 20.2. The van der Waals surface area contributed by atoms with Crippen LogP contribution in [0.2, 0.25) is 0 Å². The third-order valence-electron chi connectivity index (χ3n) is 5.52. The molecule has 0 spiro atoms. The van der Waals surface area contributed by atoms with E-state index in [1.54, 1.807) is 37.4 Å². The summed E-state index contributed by atoms with van der Waals surface area (Å²) in [4.78, 5) is 37.5. The molecule has 0 aromatic heterocycles. The van der Waals surface area contributed by atoms with Crippen molar-refractivity contribution in [2.45, 2.75) is 38.8 Å². The van der Waals surface area contributed by atoms with E-state index in [4.69, 9.17) is 4.74 Å². The lowest BCUT2D eigenvalue weighted by Crippen LogP contribution is -2.49. The standard InChI is InChI=1S/C28H31N3O4/c1-19(23-9-5-4-6-10-23)29-28(34)26(17-22-8-7-11-24(16-22)30-20(2)32)31-27(33)18-21-12-14-25(35-3)15-13-21/h4-16,19,26H,17-18H2,1-3H3,(H,29,34)(H,30,32)(H,31,33)/t19-,26+/m1/s1. The molecule has 7 nitrogen and oxygen atoms in total. The van der Waals surface area contributed by atoms with Crippen LogP contribution in [0.25, 0.3) is 0 Å². The van der Waals surface area contributed by atoms with Crippen molar-refractivity contribution in [3.8, 4) is 5.75 Å². The number of benzene rings is 3. The van der Waals surface area contributed by atoms with Crippen LogP contribution in [0.1, 0.15) is 36.6 Å². The molecular weight excluding hydrogens is 442 g/mol. The topological polar surface area (TPSA) is 96.5 Å². The lowest BCUT2D eigenvalue weighted by atomic mass is 10.0. The first-order valence-electron chi connectivity index (χ1n) is 11.5. The van der Waals surface area contributed by atoms with Crippen molar-refractivity contribution in [3.05, 3.63) is 95.6 Å². The Kier molecular flexibility index (Phi) is 9.01. The van der Waals surface area contributed by atoms with Gasteiger partial charge in [-0.15, -0.1) is 0 Å². The number of carbonyl (C=O) groups excluding carboxylic acids is 3. The van der Waals surface area contributed by atoms with Gasteiger partial charge in [0.15, 0.2) is 0 Å². The molecule has 0 saturated heterocycles. The van der Waals surface area contributed by atoms with E-state index in [9.17, 15) is 14.4 Å². The van der Waals surface area contributed by atoms with Gasteiger partial charge in [-0.3, -0.25) is 14.4 Å². The molecule has 3 aromatic carbocycles. The Morgan fingerprint density at radius 1 is 0.857 bits per heavy atom. The van der Waals surface area contributed by atoms with E-state index in [1.807, 2.05) is 55.5 Å². The fraction of sp³-hybridized carbons (Fsp3) is 0.250. The molecule has 0 unspecified atom stereocenters. The number of hydrogen-bond acceptors (Lipinski definition) is 4. The van der Waals surface area contributed by atoms with Gasteiger partial charge in [0.05, 0.1) is 19.6 Å². The number of amides is 3. The molecule has 35 heavy (non-hydrogen) atoms. The van der Waals surface area contributed by atoms with Crippen LogP contribution in [0.5, 0.6) is 5.75 Å².